The van der Waals surface area contributed by atoms with Gasteiger partial charge in [-0.05, 0) is 20.3 Å². The first kappa shape index (κ1) is 11.2. The average Bonchev–Trinajstić information content (AvgIpc) is 2.48. The quantitative estimate of drug-likeness (QED) is 0.779. The van der Waals surface area contributed by atoms with Crippen LogP contribution >= 0.6 is 0 Å². The molecule has 1 aromatic heterocycles. The third-order valence-corrected chi connectivity index (χ3v) is 2.54. The van der Waals surface area contributed by atoms with Crippen molar-refractivity contribution in [3.05, 3.63) is 18.2 Å². The molecule has 0 saturated carbocycles. The van der Waals surface area contributed by atoms with E-state index in [1.165, 1.54) is 18.5 Å². The van der Waals surface area contributed by atoms with Crippen LogP contribution in [0.1, 0.15) is 39.3 Å². The van der Waals surface area contributed by atoms with Gasteiger partial charge in [0.1, 0.15) is 0 Å². The molecule has 0 unspecified atom stereocenters. The van der Waals surface area contributed by atoms with Crippen molar-refractivity contribution in [1.29, 1.82) is 0 Å². The van der Waals surface area contributed by atoms with Crippen molar-refractivity contribution >= 4 is 0 Å². The second kappa shape index (κ2) is 4.60. The van der Waals surface area contributed by atoms with E-state index in [2.05, 4.69) is 35.6 Å². The molecule has 0 fully saturated rings. The predicted octanol–water partition coefficient (Wildman–Crippen LogP) is 2.09. The lowest BCUT2D eigenvalue weighted by molar-refractivity contribution is 0.353. The molecule has 0 aliphatic heterocycles. The average molecular weight is 195 g/mol. The Morgan fingerprint density at radius 2 is 2.21 bits per heavy atom. The number of imidazole rings is 1. The normalized spacial score (nSPS) is 12.0. The van der Waals surface area contributed by atoms with Crippen molar-refractivity contribution < 1.29 is 0 Å². The number of rotatable bonds is 5. The molecule has 0 spiro atoms. The summed E-state index contributed by atoms with van der Waals surface area (Å²) >= 11 is 0. The molecule has 0 saturated heterocycles. The lowest BCUT2D eigenvalue weighted by Crippen LogP contribution is -2.38. The molecule has 0 aliphatic rings. The minimum Gasteiger partial charge on any atom is -0.337 e. The lowest BCUT2D eigenvalue weighted by Gasteiger charge is -2.25. The molecule has 1 aromatic rings. The van der Waals surface area contributed by atoms with Crippen molar-refractivity contribution in [3.8, 4) is 0 Å². The van der Waals surface area contributed by atoms with E-state index in [0.29, 0.717) is 0 Å². The van der Waals surface area contributed by atoms with Crippen LogP contribution in [0.3, 0.4) is 0 Å². The van der Waals surface area contributed by atoms with Crippen molar-refractivity contribution in [2.24, 2.45) is 7.05 Å². The molecular formula is C11H21N3. The molecule has 3 nitrogen and oxygen atoms in total. The molecule has 0 aromatic carbocycles. The van der Waals surface area contributed by atoms with Crippen LogP contribution in [-0.2, 0) is 13.6 Å². The summed E-state index contributed by atoms with van der Waals surface area (Å²) in [5.41, 5.74) is 1.45. The van der Waals surface area contributed by atoms with Gasteiger partial charge in [-0.15, -0.1) is 0 Å². The van der Waals surface area contributed by atoms with Gasteiger partial charge >= 0.3 is 0 Å². The fourth-order valence-corrected chi connectivity index (χ4v) is 1.60. The van der Waals surface area contributed by atoms with E-state index in [1.807, 2.05) is 19.6 Å². The summed E-state index contributed by atoms with van der Waals surface area (Å²) in [4.78, 5) is 4.09. The largest absolute Gasteiger partial charge is 0.337 e. The Balaban J connectivity index is 2.44. The zero-order valence-corrected chi connectivity index (χ0v) is 9.67. The van der Waals surface area contributed by atoms with E-state index in [1.54, 1.807) is 0 Å². The monoisotopic (exact) mass is 195 g/mol. The van der Waals surface area contributed by atoms with Gasteiger partial charge in [0.15, 0.2) is 0 Å². The number of hydrogen-bond donors (Lipinski definition) is 1. The maximum atomic E-state index is 4.09. The molecule has 0 aliphatic carbocycles. The predicted molar refractivity (Wildman–Crippen MR) is 59.0 cm³/mol. The standard InChI is InChI=1S/C11H21N3/c1-5-6-11(2,3)13-8-10-7-12-9-14(10)4/h7,9,13H,5-6,8H2,1-4H3. The zero-order valence-electron chi connectivity index (χ0n) is 9.67. The van der Waals surface area contributed by atoms with Crippen LogP contribution < -0.4 is 5.32 Å². The van der Waals surface area contributed by atoms with Gasteiger partial charge in [0.2, 0.25) is 0 Å². The summed E-state index contributed by atoms with van der Waals surface area (Å²) in [7, 11) is 2.02. The second-order valence-electron chi connectivity index (χ2n) is 4.48. The molecule has 1 heterocycles. The zero-order chi connectivity index (χ0) is 10.6. The van der Waals surface area contributed by atoms with Gasteiger partial charge in [-0.1, -0.05) is 13.3 Å². The molecule has 0 radical (unpaired) electrons. The molecule has 3 heteroatoms. The summed E-state index contributed by atoms with van der Waals surface area (Å²) in [5, 5.41) is 3.54. The van der Waals surface area contributed by atoms with Crippen LogP contribution in [0, 0.1) is 0 Å². The highest BCUT2D eigenvalue weighted by Crippen LogP contribution is 2.11. The fraction of sp³-hybridized carbons (Fsp3) is 0.727. The maximum absolute atomic E-state index is 4.09. The van der Waals surface area contributed by atoms with Crippen molar-refractivity contribution in [3.63, 3.8) is 0 Å². The third kappa shape index (κ3) is 3.14. The van der Waals surface area contributed by atoms with Gasteiger partial charge in [-0.2, -0.15) is 0 Å². The molecule has 1 rings (SSSR count). The van der Waals surface area contributed by atoms with Gasteiger partial charge in [0.05, 0.1) is 12.0 Å². The van der Waals surface area contributed by atoms with Gasteiger partial charge in [0.25, 0.3) is 0 Å². The Morgan fingerprint density at radius 1 is 1.50 bits per heavy atom. The summed E-state index contributed by atoms with van der Waals surface area (Å²) < 4.78 is 2.05. The van der Waals surface area contributed by atoms with E-state index in [-0.39, 0.29) is 5.54 Å². The Bertz CT molecular complexity index is 276. The minimum absolute atomic E-state index is 0.221. The van der Waals surface area contributed by atoms with Crippen molar-refractivity contribution in [2.75, 3.05) is 0 Å². The molecule has 1 N–H and O–H groups in total. The van der Waals surface area contributed by atoms with E-state index in [4.69, 9.17) is 0 Å². The highest BCUT2D eigenvalue weighted by atomic mass is 15.1. The van der Waals surface area contributed by atoms with Crippen LogP contribution in [0.15, 0.2) is 12.5 Å². The SMILES string of the molecule is CCCC(C)(C)NCc1cncn1C. The number of aromatic nitrogens is 2. The van der Waals surface area contributed by atoms with E-state index in [0.717, 1.165) is 6.54 Å². The fourth-order valence-electron chi connectivity index (χ4n) is 1.60. The van der Waals surface area contributed by atoms with Gasteiger partial charge in [0, 0.05) is 25.3 Å². The van der Waals surface area contributed by atoms with E-state index in [9.17, 15) is 0 Å². The summed E-state index contributed by atoms with van der Waals surface area (Å²) in [5.74, 6) is 0. The minimum atomic E-state index is 0.221. The molecule has 80 valence electrons. The van der Waals surface area contributed by atoms with Crippen LogP contribution in [0.25, 0.3) is 0 Å². The molecule has 0 amide bonds. The van der Waals surface area contributed by atoms with E-state index < -0.39 is 0 Å². The smallest absolute Gasteiger partial charge is 0.0945 e. The maximum Gasteiger partial charge on any atom is 0.0945 e. The summed E-state index contributed by atoms with van der Waals surface area (Å²) in [6.07, 6.45) is 6.16. The number of nitrogens with one attached hydrogen (secondary N) is 1. The highest BCUT2D eigenvalue weighted by molar-refractivity contribution is 4.98. The number of aryl methyl sites for hydroxylation is 1. The topological polar surface area (TPSA) is 29.9 Å². The lowest BCUT2D eigenvalue weighted by atomic mass is 9.99. The number of hydrogen-bond acceptors (Lipinski definition) is 2. The van der Waals surface area contributed by atoms with Gasteiger partial charge in [-0.25, -0.2) is 4.98 Å². The van der Waals surface area contributed by atoms with Gasteiger partial charge < -0.3 is 9.88 Å². The molecular weight excluding hydrogens is 174 g/mol. The van der Waals surface area contributed by atoms with Crippen LogP contribution in [0.2, 0.25) is 0 Å². The van der Waals surface area contributed by atoms with Crippen LogP contribution in [-0.4, -0.2) is 15.1 Å². The summed E-state index contributed by atoms with van der Waals surface area (Å²) in [6, 6.07) is 0. The first-order valence-corrected chi connectivity index (χ1v) is 5.25. The number of nitrogens with zero attached hydrogens (tertiary/aromatic N) is 2. The van der Waals surface area contributed by atoms with Crippen molar-refractivity contribution in [1.82, 2.24) is 14.9 Å². The third-order valence-electron chi connectivity index (χ3n) is 2.54. The molecule has 0 bridgehead atoms. The Hall–Kier alpha value is -0.830. The van der Waals surface area contributed by atoms with E-state index >= 15 is 0 Å². The Labute approximate surface area is 86.5 Å². The second-order valence-corrected chi connectivity index (χ2v) is 4.48. The van der Waals surface area contributed by atoms with Crippen molar-refractivity contribution in [2.45, 2.75) is 45.7 Å². The van der Waals surface area contributed by atoms with Crippen LogP contribution in [0.4, 0.5) is 0 Å². The van der Waals surface area contributed by atoms with Gasteiger partial charge in [-0.3, -0.25) is 0 Å². The first-order valence-electron chi connectivity index (χ1n) is 5.25. The first-order chi connectivity index (χ1) is 6.55. The Kier molecular flexibility index (Phi) is 3.69. The highest BCUT2D eigenvalue weighted by Gasteiger charge is 2.15. The van der Waals surface area contributed by atoms with Crippen LogP contribution in [0.5, 0.6) is 0 Å². The molecule has 14 heavy (non-hydrogen) atoms. The molecule has 0 atom stereocenters. The summed E-state index contributed by atoms with van der Waals surface area (Å²) in [6.45, 7) is 7.59. The Morgan fingerprint density at radius 3 is 2.71 bits per heavy atom.